The zero-order chi connectivity index (χ0) is 17.4. The average Bonchev–Trinajstić information content (AvgIpc) is 3.23. The number of aryl methyl sites for hydroxylation is 1. The summed E-state index contributed by atoms with van der Waals surface area (Å²) >= 11 is 1.38. The average molecular weight is 356 g/mol. The van der Waals surface area contributed by atoms with E-state index < -0.39 is 0 Å². The molecule has 0 bridgehead atoms. The Hall–Kier alpha value is -2.81. The third kappa shape index (κ3) is 3.10. The minimum Gasteiger partial charge on any atom is -0.338 e. The molecule has 0 spiro atoms. The number of nitrogens with zero attached hydrogens (tertiary/aromatic N) is 6. The molecule has 25 heavy (non-hydrogen) atoms. The van der Waals surface area contributed by atoms with Gasteiger partial charge in [0, 0.05) is 18.0 Å². The Morgan fingerprint density at radius 2 is 2.16 bits per heavy atom. The van der Waals surface area contributed by atoms with Gasteiger partial charge in [0.05, 0.1) is 5.25 Å². The van der Waals surface area contributed by atoms with Gasteiger partial charge in [-0.1, -0.05) is 29.1 Å². The molecule has 0 N–H and O–H groups in total. The fraction of sp³-hybridized carbons (Fsp3) is 0.188. The van der Waals surface area contributed by atoms with Crippen LogP contribution in [0.2, 0.25) is 0 Å². The van der Waals surface area contributed by atoms with Gasteiger partial charge in [0.2, 0.25) is 16.9 Å². The summed E-state index contributed by atoms with van der Waals surface area (Å²) in [5, 5.41) is 8.67. The predicted octanol–water partition coefficient (Wildman–Crippen LogP) is 3.48. The van der Waals surface area contributed by atoms with Gasteiger partial charge in [-0.15, -0.1) is 5.10 Å². The lowest BCUT2D eigenvalue weighted by Gasteiger charge is -2.01. The first-order valence-electron chi connectivity index (χ1n) is 7.54. The van der Waals surface area contributed by atoms with Crippen molar-refractivity contribution in [1.82, 2.24) is 29.7 Å². The Bertz CT molecular complexity index is 1010. The maximum absolute atomic E-state index is 13.7. The lowest BCUT2D eigenvalue weighted by molar-refractivity contribution is 0.380. The second kappa shape index (κ2) is 6.25. The van der Waals surface area contributed by atoms with Crippen LogP contribution in [-0.4, -0.2) is 29.7 Å². The highest BCUT2D eigenvalue weighted by atomic mass is 32.2. The Labute approximate surface area is 146 Å². The Balaban J connectivity index is 1.55. The van der Waals surface area contributed by atoms with Crippen LogP contribution in [0.5, 0.6) is 0 Å². The van der Waals surface area contributed by atoms with Gasteiger partial charge in [-0.2, -0.15) is 9.97 Å². The fourth-order valence-electron chi connectivity index (χ4n) is 2.22. The number of benzene rings is 1. The molecule has 0 aliphatic heterocycles. The number of rotatable bonds is 4. The van der Waals surface area contributed by atoms with Gasteiger partial charge in [-0.05, 0) is 31.5 Å². The van der Waals surface area contributed by atoms with Crippen LogP contribution in [0.25, 0.3) is 17.2 Å². The molecule has 3 heterocycles. The molecule has 0 fully saturated rings. The topological polar surface area (TPSA) is 82.0 Å². The van der Waals surface area contributed by atoms with Crippen LogP contribution in [-0.2, 0) is 0 Å². The summed E-state index contributed by atoms with van der Waals surface area (Å²) < 4.78 is 20.6. The van der Waals surface area contributed by atoms with E-state index >= 15 is 0 Å². The number of aromatic nitrogens is 6. The minimum absolute atomic E-state index is 0.158. The van der Waals surface area contributed by atoms with Crippen LogP contribution in [0, 0.1) is 12.7 Å². The summed E-state index contributed by atoms with van der Waals surface area (Å²) in [6.45, 7) is 3.62. The molecule has 126 valence electrons. The summed E-state index contributed by atoms with van der Waals surface area (Å²) in [6.07, 6.45) is 3.44. The monoisotopic (exact) mass is 356 g/mol. The van der Waals surface area contributed by atoms with Crippen LogP contribution in [0.4, 0.5) is 4.39 Å². The van der Waals surface area contributed by atoms with Gasteiger partial charge in [-0.3, -0.25) is 0 Å². The molecule has 4 rings (SSSR count). The highest BCUT2D eigenvalue weighted by molar-refractivity contribution is 7.99. The molecule has 0 radical (unpaired) electrons. The Morgan fingerprint density at radius 3 is 2.96 bits per heavy atom. The fourth-order valence-corrected chi connectivity index (χ4v) is 3.00. The van der Waals surface area contributed by atoms with E-state index in [0.717, 1.165) is 0 Å². The van der Waals surface area contributed by atoms with Crippen molar-refractivity contribution >= 4 is 17.5 Å². The van der Waals surface area contributed by atoms with Crippen molar-refractivity contribution in [2.24, 2.45) is 0 Å². The zero-order valence-corrected chi connectivity index (χ0v) is 14.2. The normalized spacial score (nSPS) is 12.6. The van der Waals surface area contributed by atoms with E-state index in [1.165, 1.54) is 17.8 Å². The van der Waals surface area contributed by atoms with E-state index in [9.17, 15) is 4.39 Å². The number of hydrogen-bond acceptors (Lipinski definition) is 7. The zero-order valence-electron chi connectivity index (χ0n) is 13.4. The van der Waals surface area contributed by atoms with E-state index in [4.69, 9.17) is 4.52 Å². The standard InChI is InChI=1S/C16H13FN6OS/c1-9-4-5-11(8-12(9)17)13-19-14(24-22-13)10(2)25-16-20-15-18-6-3-7-23(15)21-16/h3-8,10H,1-2H3. The van der Waals surface area contributed by atoms with E-state index in [-0.39, 0.29) is 11.1 Å². The van der Waals surface area contributed by atoms with E-state index in [0.29, 0.717) is 33.8 Å². The highest BCUT2D eigenvalue weighted by Crippen LogP contribution is 2.33. The maximum Gasteiger partial charge on any atom is 0.253 e. The third-order valence-electron chi connectivity index (χ3n) is 3.60. The number of thioether (sulfide) groups is 1. The molecule has 1 atom stereocenters. The minimum atomic E-state index is -0.298. The Morgan fingerprint density at radius 1 is 1.28 bits per heavy atom. The molecule has 9 heteroatoms. The lowest BCUT2D eigenvalue weighted by atomic mass is 10.1. The van der Waals surface area contributed by atoms with Crippen molar-refractivity contribution in [1.29, 1.82) is 0 Å². The summed E-state index contributed by atoms with van der Waals surface area (Å²) in [5.74, 6) is 1.00. The molecular formula is C16H13FN6OS. The van der Waals surface area contributed by atoms with Crippen LogP contribution in [0.3, 0.4) is 0 Å². The first-order chi connectivity index (χ1) is 12.1. The summed E-state index contributed by atoms with van der Waals surface area (Å²) in [6, 6.07) is 6.63. The lowest BCUT2D eigenvalue weighted by Crippen LogP contribution is -1.91. The van der Waals surface area contributed by atoms with Crippen molar-refractivity contribution in [3.63, 3.8) is 0 Å². The van der Waals surface area contributed by atoms with Crippen molar-refractivity contribution < 1.29 is 8.91 Å². The van der Waals surface area contributed by atoms with Gasteiger partial charge in [0.1, 0.15) is 5.82 Å². The molecule has 4 aromatic rings. The van der Waals surface area contributed by atoms with Crippen LogP contribution in [0.15, 0.2) is 46.3 Å². The molecule has 1 aromatic carbocycles. The SMILES string of the molecule is Cc1ccc(-c2noc(C(C)Sc3nc4ncccn4n3)n2)cc1F. The van der Waals surface area contributed by atoms with Crippen LogP contribution >= 0.6 is 11.8 Å². The van der Waals surface area contributed by atoms with Crippen molar-refractivity contribution in [3.05, 3.63) is 53.9 Å². The number of fused-ring (bicyclic) bond motifs is 1. The van der Waals surface area contributed by atoms with E-state index in [2.05, 4.69) is 25.2 Å². The van der Waals surface area contributed by atoms with Gasteiger partial charge >= 0.3 is 0 Å². The molecule has 0 saturated carbocycles. The smallest absolute Gasteiger partial charge is 0.253 e. The summed E-state index contributed by atoms with van der Waals surface area (Å²) in [5.41, 5.74) is 1.15. The number of halogens is 1. The maximum atomic E-state index is 13.7. The predicted molar refractivity (Wildman–Crippen MR) is 89.5 cm³/mol. The van der Waals surface area contributed by atoms with Crippen LogP contribution < -0.4 is 0 Å². The third-order valence-corrected chi connectivity index (χ3v) is 4.54. The van der Waals surface area contributed by atoms with Crippen molar-refractivity contribution in [2.75, 3.05) is 0 Å². The molecule has 7 nitrogen and oxygen atoms in total. The summed E-state index contributed by atoms with van der Waals surface area (Å²) in [4.78, 5) is 12.8. The second-order valence-corrected chi connectivity index (χ2v) is 6.75. The number of hydrogen-bond donors (Lipinski definition) is 0. The van der Waals surface area contributed by atoms with Gasteiger partial charge in [0.15, 0.2) is 0 Å². The van der Waals surface area contributed by atoms with Gasteiger partial charge in [0.25, 0.3) is 5.78 Å². The van der Waals surface area contributed by atoms with E-state index in [1.807, 2.05) is 6.92 Å². The molecule has 0 aliphatic carbocycles. The van der Waals surface area contributed by atoms with Crippen molar-refractivity contribution in [2.45, 2.75) is 24.3 Å². The quantitative estimate of drug-likeness (QED) is 0.518. The molecule has 3 aromatic heterocycles. The summed E-state index contributed by atoms with van der Waals surface area (Å²) in [7, 11) is 0. The first kappa shape index (κ1) is 15.7. The molecule has 0 amide bonds. The Kier molecular flexibility index (Phi) is 3.92. The second-order valence-electron chi connectivity index (χ2n) is 5.44. The van der Waals surface area contributed by atoms with Crippen molar-refractivity contribution in [3.8, 4) is 11.4 Å². The van der Waals surface area contributed by atoms with E-state index in [1.54, 1.807) is 42.0 Å². The molecule has 0 aliphatic rings. The molecular weight excluding hydrogens is 343 g/mol. The molecule has 0 saturated heterocycles. The highest BCUT2D eigenvalue weighted by Gasteiger charge is 2.19. The van der Waals surface area contributed by atoms with Crippen LogP contribution in [0.1, 0.15) is 23.6 Å². The largest absolute Gasteiger partial charge is 0.338 e. The molecule has 1 unspecified atom stereocenters. The first-order valence-corrected chi connectivity index (χ1v) is 8.42. The van der Waals surface area contributed by atoms with Gasteiger partial charge in [-0.25, -0.2) is 13.9 Å². The van der Waals surface area contributed by atoms with Gasteiger partial charge < -0.3 is 4.52 Å².